The molecule has 1 aromatic heterocycles. The predicted molar refractivity (Wildman–Crippen MR) is 96.2 cm³/mol. The molecule has 0 aliphatic rings. The number of esters is 1. The molecule has 2 aromatic rings. The Bertz CT molecular complexity index is 965. The Morgan fingerprint density at radius 2 is 1.96 bits per heavy atom. The second-order valence-corrected chi connectivity index (χ2v) is 5.76. The first-order valence-electron chi connectivity index (χ1n) is 7.99. The normalized spacial score (nSPS) is 10.3. The molecule has 0 aliphatic carbocycles. The highest BCUT2D eigenvalue weighted by molar-refractivity contribution is 6.41. The first kappa shape index (κ1) is 20.6. The van der Waals surface area contributed by atoms with Crippen LogP contribution in [-0.2, 0) is 21.4 Å². The Labute approximate surface area is 159 Å². The number of methoxy groups -OCH3 is 1. The third kappa shape index (κ3) is 4.31. The molecule has 28 heavy (non-hydrogen) atoms. The van der Waals surface area contributed by atoms with Gasteiger partial charge in [0.15, 0.2) is 6.61 Å². The summed E-state index contributed by atoms with van der Waals surface area (Å²) in [6.45, 7) is 2.50. The average Bonchev–Trinajstić information content (AvgIpc) is 2.91. The number of nitrogens with one attached hydrogen (secondary N) is 1. The molecule has 148 valence electrons. The fraction of sp³-hybridized carbons (Fsp3) is 0.294. The zero-order valence-electron chi connectivity index (χ0n) is 15.6. The second-order valence-electron chi connectivity index (χ2n) is 5.76. The molecular formula is C17H18N4O7. The first-order chi connectivity index (χ1) is 13.1. The van der Waals surface area contributed by atoms with Gasteiger partial charge in [-0.3, -0.25) is 24.4 Å². The number of rotatable bonds is 7. The van der Waals surface area contributed by atoms with Crippen molar-refractivity contribution >= 4 is 29.0 Å². The van der Waals surface area contributed by atoms with Crippen molar-refractivity contribution in [3.8, 4) is 5.75 Å². The van der Waals surface area contributed by atoms with E-state index in [1.54, 1.807) is 20.9 Å². The van der Waals surface area contributed by atoms with Gasteiger partial charge < -0.3 is 14.8 Å². The standard InChI is InChI=1S/C17H18N4O7/c1-9-15(10(2)20(3)19-9)16(23)17(24)28-8-14(22)18-12-6-5-11(21(25)26)7-13(12)27-4/h5-7H,8H2,1-4H3,(H,18,22). The van der Waals surface area contributed by atoms with E-state index in [4.69, 9.17) is 9.47 Å². The van der Waals surface area contributed by atoms with E-state index >= 15 is 0 Å². The summed E-state index contributed by atoms with van der Waals surface area (Å²) in [5, 5.41) is 17.2. The predicted octanol–water partition coefficient (Wildman–Crippen LogP) is 1.32. The molecule has 0 radical (unpaired) electrons. The topological polar surface area (TPSA) is 143 Å². The van der Waals surface area contributed by atoms with Gasteiger partial charge >= 0.3 is 5.97 Å². The number of hydrogen-bond acceptors (Lipinski definition) is 8. The van der Waals surface area contributed by atoms with Crippen molar-refractivity contribution in [3.05, 3.63) is 45.3 Å². The van der Waals surface area contributed by atoms with Crippen molar-refractivity contribution in [3.63, 3.8) is 0 Å². The molecule has 11 nitrogen and oxygen atoms in total. The highest BCUT2D eigenvalue weighted by Gasteiger charge is 2.26. The van der Waals surface area contributed by atoms with Crippen molar-refractivity contribution in [2.24, 2.45) is 7.05 Å². The Morgan fingerprint density at radius 1 is 1.29 bits per heavy atom. The fourth-order valence-corrected chi connectivity index (χ4v) is 2.48. The fourth-order valence-electron chi connectivity index (χ4n) is 2.48. The third-order valence-electron chi connectivity index (χ3n) is 3.93. The summed E-state index contributed by atoms with van der Waals surface area (Å²) in [7, 11) is 2.92. The lowest BCUT2D eigenvalue weighted by atomic mass is 10.1. The average molecular weight is 390 g/mol. The lowest BCUT2D eigenvalue weighted by molar-refractivity contribution is -0.384. The molecule has 1 aromatic carbocycles. The summed E-state index contributed by atoms with van der Waals surface area (Å²) in [6.07, 6.45) is 0. The minimum Gasteiger partial charge on any atom is -0.494 e. The van der Waals surface area contributed by atoms with Crippen LogP contribution in [0.15, 0.2) is 18.2 Å². The lowest BCUT2D eigenvalue weighted by Gasteiger charge is -2.10. The van der Waals surface area contributed by atoms with Crippen LogP contribution in [0.25, 0.3) is 0 Å². The zero-order valence-corrected chi connectivity index (χ0v) is 15.6. The van der Waals surface area contributed by atoms with E-state index in [9.17, 15) is 24.5 Å². The van der Waals surface area contributed by atoms with E-state index in [-0.39, 0.29) is 22.7 Å². The van der Waals surface area contributed by atoms with Gasteiger partial charge in [-0.05, 0) is 19.9 Å². The number of ether oxygens (including phenoxy) is 2. The number of benzene rings is 1. The molecule has 0 saturated carbocycles. The number of non-ortho nitro benzene ring substituents is 1. The van der Waals surface area contributed by atoms with Crippen molar-refractivity contribution in [1.29, 1.82) is 0 Å². The number of nitro benzene ring substituents is 1. The third-order valence-corrected chi connectivity index (χ3v) is 3.93. The molecule has 0 atom stereocenters. The van der Waals surface area contributed by atoms with Crippen LogP contribution in [0, 0.1) is 24.0 Å². The van der Waals surface area contributed by atoms with Crippen LogP contribution >= 0.6 is 0 Å². The molecule has 0 fully saturated rings. The van der Waals surface area contributed by atoms with E-state index < -0.39 is 29.2 Å². The largest absolute Gasteiger partial charge is 0.494 e. The number of carbonyl (C=O) groups excluding carboxylic acids is 3. The molecule has 0 unspecified atom stereocenters. The highest BCUT2D eigenvalue weighted by Crippen LogP contribution is 2.28. The van der Waals surface area contributed by atoms with Crippen LogP contribution in [-0.4, -0.2) is 46.1 Å². The summed E-state index contributed by atoms with van der Waals surface area (Å²) >= 11 is 0. The Morgan fingerprint density at radius 3 is 2.50 bits per heavy atom. The minimum atomic E-state index is -1.19. The quantitative estimate of drug-likeness (QED) is 0.245. The molecular weight excluding hydrogens is 372 g/mol. The number of amides is 1. The van der Waals surface area contributed by atoms with Crippen LogP contribution < -0.4 is 10.1 Å². The molecule has 11 heteroatoms. The van der Waals surface area contributed by atoms with Gasteiger partial charge in [0.25, 0.3) is 17.4 Å². The van der Waals surface area contributed by atoms with E-state index in [0.717, 1.165) is 6.07 Å². The molecule has 0 aliphatic heterocycles. The number of carbonyl (C=O) groups is 3. The number of aryl methyl sites for hydroxylation is 2. The van der Waals surface area contributed by atoms with E-state index in [1.165, 1.54) is 23.9 Å². The van der Waals surface area contributed by atoms with Crippen LogP contribution in [0.5, 0.6) is 5.75 Å². The van der Waals surface area contributed by atoms with E-state index in [0.29, 0.717) is 11.4 Å². The molecule has 1 heterocycles. The number of anilines is 1. The van der Waals surface area contributed by atoms with Crippen molar-refractivity contribution < 1.29 is 28.8 Å². The highest BCUT2D eigenvalue weighted by atomic mass is 16.6. The van der Waals surface area contributed by atoms with Crippen LogP contribution in [0.2, 0.25) is 0 Å². The monoisotopic (exact) mass is 390 g/mol. The van der Waals surface area contributed by atoms with Gasteiger partial charge in [-0.25, -0.2) is 4.79 Å². The Kier molecular flexibility index (Phi) is 6.08. The summed E-state index contributed by atoms with van der Waals surface area (Å²) in [5.74, 6) is -2.77. The first-order valence-corrected chi connectivity index (χ1v) is 7.99. The van der Waals surface area contributed by atoms with E-state index in [1.807, 2.05) is 0 Å². The summed E-state index contributed by atoms with van der Waals surface area (Å²) in [5.41, 5.74) is 0.944. The molecule has 0 spiro atoms. The SMILES string of the molecule is COc1cc([N+](=O)[O-])ccc1NC(=O)COC(=O)C(=O)c1c(C)nn(C)c1C. The number of hydrogen-bond donors (Lipinski definition) is 1. The van der Waals surface area contributed by atoms with Crippen molar-refractivity contribution in [1.82, 2.24) is 9.78 Å². The zero-order chi connectivity index (χ0) is 21.0. The second kappa shape index (κ2) is 8.29. The van der Waals surface area contributed by atoms with Crippen molar-refractivity contribution in [2.45, 2.75) is 13.8 Å². The number of Topliss-reactive ketones (excluding diaryl/α,β-unsaturated/α-hetero) is 1. The van der Waals surface area contributed by atoms with Gasteiger partial charge in [0, 0.05) is 18.8 Å². The van der Waals surface area contributed by atoms with Gasteiger partial charge in [0.1, 0.15) is 5.75 Å². The molecule has 0 bridgehead atoms. The number of ketones is 1. The maximum atomic E-state index is 12.2. The maximum Gasteiger partial charge on any atom is 0.380 e. The van der Waals surface area contributed by atoms with Crippen LogP contribution in [0.1, 0.15) is 21.7 Å². The van der Waals surface area contributed by atoms with Gasteiger partial charge in [0.05, 0.1) is 35.0 Å². The van der Waals surface area contributed by atoms with Crippen LogP contribution in [0.3, 0.4) is 0 Å². The summed E-state index contributed by atoms with van der Waals surface area (Å²) in [6, 6.07) is 3.60. The Balaban J connectivity index is 2.01. The molecule has 1 amide bonds. The summed E-state index contributed by atoms with van der Waals surface area (Å²) < 4.78 is 11.2. The smallest absolute Gasteiger partial charge is 0.380 e. The molecule has 0 saturated heterocycles. The summed E-state index contributed by atoms with van der Waals surface area (Å²) in [4.78, 5) is 46.4. The Hall–Kier alpha value is -3.76. The van der Waals surface area contributed by atoms with Gasteiger partial charge in [0.2, 0.25) is 0 Å². The minimum absolute atomic E-state index is 0.0616. The molecule has 1 N–H and O–H groups in total. The lowest BCUT2D eigenvalue weighted by Crippen LogP contribution is -2.25. The van der Waals surface area contributed by atoms with Gasteiger partial charge in [-0.2, -0.15) is 5.10 Å². The van der Waals surface area contributed by atoms with E-state index in [2.05, 4.69) is 10.4 Å². The number of nitrogens with zero attached hydrogens (tertiary/aromatic N) is 3. The van der Waals surface area contributed by atoms with Gasteiger partial charge in [-0.15, -0.1) is 0 Å². The number of nitro groups is 1. The molecule has 2 rings (SSSR count). The van der Waals surface area contributed by atoms with Gasteiger partial charge in [-0.1, -0.05) is 0 Å². The number of aromatic nitrogens is 2. The maximum absolute atomic E-state index is 12.2. The van der Waals surface area contributed by atoms with Crippen LogP contribution in [0.4, 0.5) is 11.4 Å². The van der Waals surface area contributed by atoms with Crippen molar-refractivity contribution in [2.75, 3.05) is 19.0 Å².